The van der Waals surface area contributed by atoms with Gasteiger partial charge in [-0.15, -0.1) is 10.2 Å². The molecule has 0 saturated carbocycles. The highest BCUT2D eigenvalue weighted by Crippen LogP contribution is 2.38. The molecule has 6 nitrogen and oxygen atoms in total. The van der Waals surface area contributed by atoms with Crippen molar-refractivity contribution in [2.75, 3.05) is 13.1 Å². The molecule has 6 heteroatoms. The number of hydrogen-bond acceptors (Lipinski definition) is 5. The molecule has 2 aromatic heterocycles. The minimum Gasteiger partial charge on any atom is -0.484 e. The molecule has 0 spiro atoms. The third kappa shape index (κ3) is 2.97. The molecule has 0 bridgehead atoms. The lowest BCUT2D eigenvalue weighted by molar-refractivity contribution is 0.176. The lowest BCUT2D eigenvalue weighted by atomic mass is 9.86. The van der Waals surface area contributed by atoms with Gasteiger partial charge in [0, 0.05) is 6.04 Å². The van der Waals surface area contributed by atoms with E-state index in [1.165, 1.54) is 17.5 Å². The molecule has 0 radical (unpaired) electrons. The van der Waals surface area contributed by atoms with Crippen molar-refractivity contribution in [1.82, 2.24) is 19.5 Å². The van der Waals surface area contributed by atoms with Gasteiger partial charge >= 0.3 is 0 Å². The van der Waals surface area contributed by atoms with E-state index >= 15 is 0 Å². The van der Waals surface area contributed by atoms with E-state index in [1.54, 1.807) is 0 Å². The minimum absolute atomic E-state index is 0.0343. The second-order valence-electron chi connectivity index (χ2n) is 7.86. The van der Waals surface area contributed by atoms with Crippen LogP contribution in [0, 0.1) is 0 Å². The van der Waals surface area contributed by atoms with Gasteiger partial charge in [-0.2, -0.15) is 0 Å². The average Bonchev–Trinajstić information content (AvgIpc) is 3.36. The molecule has 1 aromatic carbocycles. The first kappa shape index (κ1) is 17.6. The molecule has 5 rings (SSSR count). The van der Waals surface area contributed by atoms with Crippen LogP contribution in [0.2, 0.25) is 0 Å². The summed E-state index contributed by atoms with van der Waals surface area (Å²) in [6, 6.07) is 12.8. The molecular weight excluding hydrogens is 350 g/mol. The molecule has 0 amide bonds. The topological polar surface area (TPSA) is 68.7 Å². The van der Waals surface area contributed by atoms with Gasteiger partial charge in [-0.1, -0.05) is 31.2 Å². The van der Waals surface area contributed by atoms with Gasteiger partial charge < -0.3 is 10.5 Å². The van der Waals surface area contributed by atoms with Crippen molar-refractivity contribution in [3.63, 3.8) is 0 Å². The van der Waals surface area contributed by atoms with Crippen molar-refractivity contribution in [3.8, 4) is 5.75 Å². The summed E-state index contributed by atoms with van der Waals surface area (Å²) in [7, 11) is 0. The number of likely N-dealkylation sites (tertiary alicyclic amines) is 1. The van der Waals surface area contributed by atoms with Crippen LogP contribution in [-0.2, 0) is 0 Å². The van der Waals surface area contributed by atoms with Crippen molar-refractivity contribution in [2.24, 2.45) is 5.73 Å². The molecule has 1 unspecified atom stereocenters. The van der Waals surface area contributed by atoms with Crippen LogP contribution in [0.1, 0.15) is 67.7 Å². The number of aromatic nitrogens is 3. The van der Waals surface area contributed by atoms with Crippen LogP contribution in [0.5, 0.6) is 5.75 Å². The van der Waals surface area contributed by atoms with Gasteiger partial charge in [-0.05, 0) is 62.0 Å². The molecule has 2 N–H and O–H groups in total. The summed E-state index contributed by atoms with van der Waals surface area (Å²) >= 11 is 0. The van der Waals surface area contributed by atoms with E-state index in [2.05, 4.69) is 50.7 Å². The van der Waals surface area contributed by atoms with E-state index in [9.17, 15) is 0 Å². The van der Waals surface area contributed by atoms with Crippen LogP contribution in [0.15, 0.2) is 42.6 Å². The van der Waals surface area contributed by atoms with E-state index in [0.29, 0.717) is 6.04 Å². The fraction of sp³-hybridized carbons (Fsp3) is 0.455. The number of benzene rings is 1. The minimum atomic E-state index is 0.0343. The van der Waals surface area contributed by atoms with Crippen molar-refractivity contribution in [2.45, 2.75) is 50.8 Å². The number of ether oxygens (including phenoxy) is 1. The lowest BCUT2D eigenvalue weighted by Crippen LogP contribution is -2.24. The quantitative estimate of drug-likeness (QED) is 0.749. The second-order valence-corrected chi connectivity index (χ2v) is 7.86. The van der Waals surface area contributed by atoms with Gasteiger partial charge in [0.05, 0.1) is 12.2 Å². The van der Waals surface area contributed by atoms with Gasteiger partial charge in [0.15, 0.2) is 11.5 Å². The van der Waals surface area contributed by atoms with Gasteiger partial charge in [0.2, 0.25) is 0 Å². The molecule has 3 aromatic rings. The van der Waals surface area contributed by atoms with Gasteiger partial charge in [-0.25, -0.2) is 0 Å². The summed E-state index contributed by atoms with van der Waals surface area (Å²) in [4.78, 5) is 2.47. The molecule has 3 heterocycles. The lowest BCUT2D eigenvalue weighted by Gasteiger charge is -2.30. The highest BCUT2D eigenvalue weighted by Gasteiger charge is 2.29. The molecule has 1 fully saturated rings. The Morgan fingerprint density at radius 3 is 2.79 bits per heavy atom. The Bertz CT molecular complexity index is 984. The van der Waals surface area contributed by atoms with Gasteiger partial charge in [-0.3, -0.25) is 9.30 Å². The van der Waals surface area contributed by atoms with Crippen LogP contribution < -0.4 is 10.5 Å². The highest BCUT2D eigenvalue weighted by molar-refractivity contribution is 5.42. The van der Waals surface area contributed by atoms with Gasteiger partial charge in [0.25, 0.3) is 0 Å². The van der Waals surface area contributed by atoms with E-state index in [0.717, 1.165) is 49.6 Å². The Morgan fingerprint density at radius 1 is 1.07 bits per heavy atom. The normalized spacial score (nSPS) is 25.1. The predicted octanol–water partition coefficient (Wildman–Crippen LogP) is 3.80. The van der Waals surface area contributed by atoms with Gasteiger partial charge in [0.1, 0.15) is 11.9 Å². The van der Waals surface area contributed by atoms with E-state index in [-0.39, 0.29) is 12.1 Å². The van der Waals surface area contributed by atoms with Crippen molar-refractivity contribution >= 4 is 5.65 Å². The first-order chi connectivity index (χ1) is 13.7. The SMILES string of the molecule is CCN1CCCC1c1nnc2ccc(O[C@@H]3CC[C@H](N)c4ccccc43)cn12. The van der Waals surface area contributed by atoms with Crippen molar-refractivity contribution in [3.05, 3.63) is 59.5 Å². The third-order valence-electron chi connectivity index (χ3n) is 6.23. The molecule has 2 aliphatic rings. The van der Waals surface area contributed by atoms with Crippen LogP contribution >= 0.6 is 0 Å². The molecule has 1 saturated heterocycles. The molecule has 28 heavy (non-hydrogen) atoms. The summed E-state index contributed by atoms with van der Waals surface area (Å²) in [5.74, 6) is 1.87. The van der Waals surface area contributed by atoms with Crippen LogP contribution in [0.25, 0.3) is 5.65 Å². The maximum atomic E-state index is 6.43. The smallest absolute Gasteiger partial charge is 0.161 e. The van der Waals surface area contributed by atoms with E-state index in [1.807, 2.05) is 18.3 Å². The Balaban J connectivity index is 1.46. The van der Waals surface area contributed by atoms with Crippen molar-refractivity contribution < 1.29 is 4.74 Å². The summed E-state index contributed by atoms with van der Waals surface area (Å²) in [6.45, 7) is 4.38. The highest BCUT2D eigenvalue weighted by atomic mass is 16.5. The molecule has 3 atom stereocenters. The number of nitrogens with two attached hydrogens (primary N) is 1. The fourth-order valence-corrected chi connectivity index (χ4v) is 4.75. The first-order valence-corrected chi connectivity index (χ1v) is 10.3. The number of fused-ring (bicyclic) bond motifs is 2. The standard InChI is InChI=1S/C22H27N5O/c1-2-26-13-5-8-19(26)22-25-24-21-12-9-15(14-27(21)22)28-20-11-10-18(23)16-6-3-4-7-17(16)20/h3-4,6-7,9,12,14,18-20H,2,5,8,10-11,13,23H2,1H3/t18-,19?,20+/m0/s1. The van der Waals surface area contributed by atoms with Crippen LogP contribution in [-0.4, -0.2) is 32.6 Å². The van der Waals surface area contributed by atoms with Crippen LogP contribution in [0.4, 0.5) is 0 Å². The molecule has 146 valence electrons. The Morgan fingerprint density at radius 2 is 1.93 bits per heavy atom. The summed E-state index contributed by atoms with van der Waals surface area (Å²) in [6.07, 6.45) is 6.30. The Hall–Kier alpha value is -2.44. The maximum absolute atomic E-state index is 6.43. The second kappa shape index (κ2) is 7.18. The Labute approximate surface area is 165 Å². The summed E-state index contributed by atoms with van der Waals surface area (Å²) < 4.78 is 8.54. The number of pyridine rings is 1. The average molecular weight is 377 g/mol. The zero-order valence-electron chi connectivity index (χ0n) is 16.3. The number of hydrogen-bond donors (Lipinski definition) is 1. The summed E-state index contributed by atoms with van der Waals surface area (Å²) in [5, 5.41) is 8.89. The van der Waals surface area contributed by atoms with Crippen molar-refractivity contribution in [1.29, 1.82) is 0 Å². The maximum Gasteiger partial charge on any atom is 0.161 e. The first-order valence-electron chi connectivity index (χ1n) is 10.3. The molecule has 1 aliphatic carbocycles. The largest absolute Gasteiger partial charge is 0.484 e. The zero-order valence-corrected chi connectivity index (χ0v) is 16.3. The van der Waals surface area contributed by atoms with Crippen LogP contribution in [0.3, 0.4) is 0 Å². The Kier molecular flexibility index (Phi) is 4.53. The number of nitrogens with zero attached hydrogens (tertiary/aromatic N) is 4. The molecular formula is C22H27N5O. The fourth-order valence-electron chi connectivity index (χ4n) is 4.75. The third-order valence-corrected chi connectivity index (χ3v) is 6.23. The summed E-state index contributed by atoms with van der Waals surface area (Å²) in [5.41, 5.74) is 9.58. The molecule has 1 aliphatic heterocycles. The van der Waals surface area contributed by atoms with E-state index in [4.69, 9.17) is 10.5 Å². The van der Waals surface area contributed by atoms with E-state index < -0.39 is 0 Å². The monoisotopic (exact) mass is 377 g/mol. The number of rotatable bonds is 4. The zero-order chi connectivity index (χ0) is 19.1. The predicted molar refractivity (Wildman–Crippen MR) is 108 cm³/mol.